The first-order valence-electron chi connectivity index (χ1n) is 11.6. The molecule has 1 aliphatic carbocycles. The van der Waals surface area contributed by atoms with Crippen LogP contribution >= 0.6 is 0 Å². The zero-order valence-electron chi connectivity index (χ0n) is 19.6. The third kappa shape index (κ3) is 3.53. The van der Waals surface area contributed by atoms with Gasteiger partial charge in [-0.25, -0.2) is 13.1 Å². The molecule has 1 saturated carbocycles. The van der Waals surface area contributed by atoms with Crippen LogP contribution in [-0.2, 0) is 23.6 Å². The number of benzene rings is 1. The fourth-order valence-electron chi connectivity index (χ4n) is 5.18. The van der Waals surface area contributed by atoms with Crippen molar-refractivity contribution >= 4 is 27.6 Å². The SMILES string of the molecule is CN1CC([C@@H]2CN=C3N(Cc4cnn(C)c4)C(=O)c4cc(S(=O)(=O)NC5(C)CC5)ccc4N32)C1. The minimum absolute atomic E-state index is 0.119. The molecular weight excluding hydrogens is 454 g/mol. The van der Waals surface area contributed by atoms with E-state index in [-0.39, 0.29) is 22.4 Å². The van der Waals surface area contributed by atoms with Gasteiger partial charge < -0.3 is 9.80 Å². The fraction of sp³-hybridized carbons (Fsp3) is 0.522. The average molecular weight is 484 g/mol. The van der Waals surface area contributed by atoms with Crippen molar-refractivity contribution < 1.29 is 13.2 Å². The number of nitrogens with zero attached hydrogens (tertiary/aromatic N) is 6. The zero-order chi connectivity index (χ0) is 23.8. The number of carbonyl (C=O) groups excluding carboxylic acids is 1. The summed E-state index contributed by atoms with van der Waals surface area (Å²) in [4.78, 5) is 24.7. The van der Waals surface area contributed by atoms with Crippen LogP contribution < -0.4 is 9.62 Å². The lowest BCUT2D eigenvalue weighted by atomic mass is 9.90. The molecule has 4 aliphatic rings. The summed E-state index contributed by atoms with van der Waals surface area (Å²) in [6, 6.07) is 5.05. The second-order valence-electron chi connectivity index (χ2n) is 10.3. The minimum Gasteiger partial charge on any atom is -0.306 e. The number of guanidine groups is 1. The highest BCUT2D eigenvalue weighted by atomic mass is 32.2. The highest BCUT2D eigenvalue weighted by molar-refractivity contribution is 7.89. The molecule has 0 spiro atoms. The Kier molecular flexibility index (Phi) is 4.71. The van der Waals surface area contributed by atoms with E-state index in [4.69, 9.17) is 4.99 Å². The Balaban J connectivity index is 1.40. The van der Waals surface area contributed by atoms with Gasteiger partial charge in [-0.3, -0.25) is 19.4 Å². The van der Waals surface area contributed by atoms with Crippen molar-refractivity contribution in [3.8, 4) is 0 Å². The smallest absolute Gasteiger partial charge is 0.263 e. The van der Waals surface area contributed by atoms with Gasteiger partial charge in [0, 0.05) is 43.4 Å². The molecule has 1 N–H and O–H groups in total. The molecule has 11 heteroatoms. The van der Waals surface area contributed by atoms with Crippen molar-refractivity contribution in [1.82, 2.24) is 24.3 Å². The maximum atomic E-state index is 13.7. The normalized spacial score (nSPS) is 24.0. The largest absolute Gasteiger partial charge is 0.306 e. The van der Waals surface area contributed by atoms with E-state index >= 15 is 0 Å². The lowest BCUT2D eigenvalue weighted by Gasteiger charge is -2.46. The Morgan fingerprint density at radius 1 is 1.21 bits per heavy atom. The zero-order valence-corrected chi connectivity index (χ0v) is 20.4. The van der Waals surface area contributed by atoms with Crippen molar-refractivity contribution in [2.24, 2.45) is 18.0 Å². The van der Waals surface area contributed by atoms with Crippen LogP contribution in [0.15, 0.2) is 40.5 Å². The summed E-state index contributed by atoms with van der Waals surface area (Å²) in [5.74, 6) is 0.836. The number of aryl methyl sites for hydroxylation is 1. The second-order valence-corrected chi connectivity index (χ2v) is 12.0. The molecule has 3 aliphatic heterocycles. The first-order valence-corrected chi connectivity index (χ1v) is 13.1. The molecule has 0 bridgehead atoms. The third-order valence-corrected chi connectivity index (χ3v) is 8.97. The molecule has 2 aromatic rings. The number of carbonyl (C=O) groups is 1. The first-order chi connectivity index (χ1) is 16.1. The molecule has 1 aromatic carbocycles. The van der Waals surface area contributed by atoms with Gasteiger partial charge in [0.05, 0.1) is 41.5 Å². The predicted molar refractivity (Wildman–Crippen MR) is 127 cm³/mol. The van der Waals surface area contributed by atoms with E-state index in [0.29, 0.717) is 30.5 Å². The number of likely N-dealkylation sites (tertiary alicyclic amines) is 1. The molecule has 180 valence electrons. The Bertz CT molecular complexity index is 1310. The molecule has 1 atom stereocenters. The second kappa shape index (κ2) is 7.37. The molecule has 2 fully saturated rings. The fourth-order valence-corrected chi connectivity index (χ4v) is 6.68. The van der Waals surface area contributed by atoms with Crippen molar-refractivity contribution in [2.45, 2.75) is 42.8 Å². The Morgan fingerprint density at radius 2 is 1.97 bits per heavy atom. The van der Waals surface area contributed by atoms with Crippen LogP contribution in [0.2, 0.25) is 0 Å². The lowest BCUT2D eigenvalue weighted by molar-refractivity contribution is 0.0827. The number of aliphatic imine (C=N–C) groups is 1. The average Bonchev–Trinajstić information content (AvgIpc) is 3.14. The number of anilines is 1. The van der Waals surface area contributed by atoms with Gasteiger partial charge in [0.25, 0.3) is 5.91 Å². The number of aromatic nitrogens is 2. The summed E-state index contributed by atoms with van der Waals surface area (Å²) < 4.78 is 30.6. The standard InChI is InChI=1S/C23H29N7O3S/c1-23(6-7-23)26-34(32,33)17-4-5-19-18(8-17)21(31)29(12-15-9-25-28(3)11-15)22-24-10-20(30(19)22)16-13-27(2)14-16/h4-5,8-9,11,16,20,26H,6-7,10,12-14H2,1-3H3/t20-/m0/s1. The molecule has 6 rings (SSSR count). The van der Waals surface area contributed by atoms with E-state index in [2.05, 4.69) is 26.7 Å². The minimum atomic E-state index is -3.73. The predicted octanol–water partition coefficient (Wildman–Crippen LogP) is 1.01. The summed E-state index contributed by atoms with van der Waals surface area (Å²) in [5.41, 5.74) is 1.63. The Morgan fingerprint density at radius 3 is 2.62 bits per heavy atom. The van der Waals surface area contributed by atoms with E-state index in [9.17, 15) is 13.2 Å². The Labute approximate surface area is 199 Å². The van der Waals surface area contributed by atoms with Gasteiger partial charge in [0.15, 0.2) is 0 Å². The molecule has 10 nitrogen and oxygen atoms in total. The van der Waals surface area contributed by atoms with E-state index in [1.807, 2.05) is 20.2 Å². The van der Waals surface area contributed by atoms with Gasteiger partial charge in [-0.15, -0.1) is 0 Å². The summed E-state index contributed by atoms with van der Waals surface area (Å²) in [7, 11) is 0.207. The highest BCUT2D eigenvalue weighted by Gasteiger charge is 2.47. The number of nitrogens with one attached hydrogen (secondary N) is 1. The maximum Gasteiger partial charge on any atom is 0.263 e. The quantitative estimate of drug-likeness (QED) is 0.658. The molecule has 4 heterocycles. The van der Waals surface area contributed by atoms with Crippen LogP contribution in [0.25, 0.3) is 0 Å². The van der Waals surface area contributed by atoms with Crippen LogP contribution in [0.4, 0.5) is 5.69 Å². The molecule has 0 radical (unpaired) electrons. The number of hydrogen-bond donors (Lipinski definition) is 1. The molecule has 34 heavy (non-hydrogen) atoms. The number of hydrogen-bond acceptors (Lipinski definition) is 7. The van der Waals surface area contributed by atoms with Gasteiger partial charge in [-0.05, 0) is 45.0 Å². The topological polar surface area (TPSA) is 103 Å². The van der Waals surface area contributed by atoms with Crippen molar-refractivity contribution in [3.05, 3.63) is 41.7 Å². The number of sulfonamides is 1. The van der Waals surface area contributed by atoms with Crippen LogP contribution in [-0.4, -0.2) is 78.1 Å². The van der Waals surface area contributed by atoms with Crippen LogP contribution in [0.5, 0.6) is 0 Å². The summed E-state index contributed by atoms with van der Waals surface area (Å²) in [6.07, 6.45) is 5.25. The van der Waals surface area contributed by atoms with Gasteiger partial charge in [-0.2, -0.15) is 5.10 Å². The van der Waals surface area contributed by atoms with Crippen LogP contribution in [0.1, 0.15) is 35.7 Å². The van der Waals surface area contributed by atoms with Gasteiger partial charge in [0.1, 0.15) is 0 Å². The van der Waals surface area contributed by atoms with E-state index in [0.717, 1.165) is 37.2 Å². The van der Waals surface area contributed by atoms with E-state index in [1.165, 1.54) is 6.07 Å². The lowest BCUT2D eigenvalue weighted by Crippen LogP contribution is -2.59. The molecule has 1 aromatic heterocycles. The van der Waals surface area contributed by atoms with E-state index in [1.54, 1.807) is 27.9 Å². The van der Waals surface area contributed by atoms with Crippen molar-refractivity contribution in [3.63, 3.8) is 0 Å². The van der Waals surface area contributed by atoms with Gasteiger partial charge >= 0.3 is 0 Å². The van der Waals surface area contributed by atoms with Gasteiger partial charge in [0.2, 0.25) is 16.0 Å². The maximum absolute atomic E-state index is 13.7. The third-order valence-electron chi connectivity index (χ3n) is 7.34. The molecule has 1 saturated heterocycles. The number of fused-ring (bicyclic) bond motifs is 3. The van der Waals surface area contributed by atoms with E-state index < -0.39 is 10.0 Å². The van der Waals surface area contributed by atoms with Crippen LogP contribution in [0.3, 0.4) is 0 Å². The van der Waals surface area contributed by atoms with Gasteiger partial charge in [-0.1, -0.05) is 0 Å². The summed E-state index contributed by atoms with van der Waals surface area (Å²) in [6.45, 7) is 4.79. The Hall–Kier alpha value is -2.76. The van der Waals surface area contributed by atoms with Crippen LogP contribution in [0, 0.1) is 5.92 Å². The molecular formula is C23H29N7O3S. The molecule has 1 amide bonds. The first kappa shape index (κ1) is 21.8. The molecule has 0 unspecified atom stereocenters. The van der Waals surface area contributed by atoms with Crippen molar-refractivity contribution in [1.29, 1.82) is 0 Å². The summed E-state index contributed by atoms with van der Waals surface area (Å²) in [5, 5.41) is 4.23. The summed E-state index contributed by atoms with van der Waals surface area (Å²) >= 11 is 0. The monoisotopic (exact) mass is 483 g/mol. The van der Waals surface area contributed by atoms with Crippen molar-refractivity contribution in [2.75, 3.05) is 31.6 Å². The number of amides is 1. The highest BCUT2D eigenvalue weighted by Crippen LogP contribution is 2.40. The number of rotatable bonds is 6.